The van der Waals surface area contributed by atoms with Gasteiger partial charge in [-0.1, -0.05) is 0 Å². The molecular weight excluding hydrogens is 394 g/mol. The molecule has 170 valence electrons. The van der Waals surface area contributed by atoms with E-state index in [0.29, 0.717) is 0 Å². The number of hydrogen-bond acceptors (Lipinski definition) is 7. The van der Waals surface area contributed by atoms with Gasteiger partial charge in [0.05, 0.1) is 12.2 Å². The van der Waals surface area contributed by atoms with Crippen LogP contribution in [0.15, 0.2) is 0 Å². The Balaban J connectivity index is 3.67. The lowest BCUT2D eigenvalue weighted by Crippen LogP contribution is -2.35. The van der Waals surface area contributed by atoms with E-state index in [-0.39, 0.29) is 12.2 Å². The van der Waals surface area contributed by atoms with E-state index in [1.54, 1.807) is 28.4 Å². The molecule has 0 aromatic carbocycles. The van der Waals surface area contributed by atoms with Crippen LogP contribution in [0.4, 0.5) is 0 Å². The van der Waals surface area contributed by atoms with Crippen LogP contribution in [0.2, 0.25) is 12.1 Å². The van der Waals surface area contributed by atoms with Crippen LogP contribution >= 0.6 is 0 Å². The summed E-state index contributed by atoms with van der Waals surface area (Å²) in [6.45, 7) is 7.68. The SMILES string of the molecule is CO[SiH](CCCCOC(C)CN(C)CC(C)OCCCC[SiH](OC)OC)OC. The maximum atomic E-state index is 5.93. The third kappa shape index (κ3) is 16.0. The van der Waals surface area contributed by atoms with E-state index in [4.69, 9.17) is 27.2 Å². The molecular formula is C19H45NO6Si2. The molecule has 0 aromatic rings. The number of rotatable bonds is 20. The van der Waals surface area contributed by atoms with Crippen molar-refractivity contribution in [1.82, 2.24) is 4.90 Å². The van der Waals surface area contributed by atoms with Gasteiger partial charge in [0, 0.05) is 54.7 Å². The molecule has 0 aromatic heterocycles. The van der Waals surface area contributed by atoms with Gasteiger partial charge < -0.3 is 32.1 Å². The minimum Gasteiger partial charge on any atom is -0.400 e. The van der Waals surface area contributed by atoms with Crippen molar-refractivity contribution in [1.29, 1.82) is 0 Å². The van der Waals surface area contributed by atoms with E-state index < -0.39 is 18.6 Å². The Bertz CT molecular complexity index is 306. The van der Waals surface area contributed by atoms with Crippen LogP contribution in [0, 0.1) is 0 Å². The zero-order valence-corrected chi connectivity index (χ0v) is 21.6. The number of nitrogens with zero attached hydrogens (tertiary/aromatic N) is 1. The number of hydrogen-bond donors (Lipinski definition) is 0. The molecule has 2 atom stereocenters. The molecule has 0 N–H and O–H groups in total. The van der Waals surface area contributed by atoms with Gasteiger partial charge in [0.15, 0.2) is 0 Å². The first-order valence-corrected chi connectivity index (χ1v) is 14.0. The van der Waals surface area contributed by atoms with Gasteiger partial charge in [-0.05, 0) is 58.7 Å². The Kier molecular flexibility index (Phi) is 19.2. The summed E-state index contributed by atoms with van der Waals surface area (Å²) in [4.78, 5) is 2.28. The summed E-state index contributed by atoms with van der Waals surface area (Å²) in [7, 11) is 6.24. The van der Waals surface area contributed by atoms with E-state index >= 15 is 0 Å². The van der Waals surface area contributed by atoms with Crippen molar-refractivity contribution in [3.8, 4) is 0 Å². The molecule has 7 nitrogen and oxygen atoms in total. The van der Waals surface area contributed by atoms with E-state index in [1.165, 1.54) is 0 Å². The van der Waals surface area contributed by atoms with Crippen molar-refractivity contribution in [2.45, 2.75) is 63.8 Å². The molecule has 28 heavy (non-hydrogen) atoms. The number of ether oxygens (including phenoxy) is 2. The molecule has 9 heteroatoms. The van der Waals surface area contributed by atoms with Gasteiger partial charge in [0.2, 0.25) is 0 Å². The average molecular weight is 440 g/mol. The normalized spacial score (nSPS) is 14.4. The highest BCUT2D eigenvalue weighted by Crippen LogP contribution is 2.07. The second-order valence-electron chi connectivity index (χ2n) is 7.38. The second-order valence-corrected chi connectivity index (χ2v) is 12.1. The molecule has 0 spiro atoms. The molecule has 0 aliphatic rings. The largest absolute Gasteiger partial charge is 0.400 e. The van der Waals surface area contributed by atoms with Gasteiger partial charge in [0.25, 0.3) is 0 Å². The average Bonchev–Trinajstić information content (AvgIpc) is 2.67. The van der Waals surface area contributed by atoms with Gasteiger partial charge >= 0.3 is 18.6 Å². The third-order valence-electron chi connectivity index (χ3n) is 4.66. The molecule has 0 radical (unpaired) electrons. The fraction of sp³-hybridized carbons (Fsp3) is 1.00. The highest BCUT2D eigenvalue weighted by molar-refractivity contribution is 6.44. The molecule has 0 rings (SSSR count). The van der Waals surface area contributed by atoms with Crippen LogP contribution in [0.5, 0.6) is 0 Å². The van der Waals surface area contributed by atoms with Crippen molar-refractivity contribution in [2.24, 2.45) is 0 Å². The van der Waals surface area contributed by atoms with Gasteiger partial charge in [-0.2, -0.15) is 0 Å². The van der Waals surface area contributed by atoms with Crippen molar-refractivity contribution in [2.75, 3.05) is 61.8 Å². The van der Waals surface area contributed by atoms with E-state index in [1.807, 2.05) is 0 Å². The quantitative estimate of drug-likeness (QED) is 0.213. The van der Waals surface area contributed by atoms with Crippen LogP contribution < -0.4 is 0 Å². The summed E-state index contributed by atoms with van der Waals surface area (Å²) >= 11 is 0. The van der Waals surface area contributed by atoms with Crippen molar-refractivity contribution in [3.63, 3.8) is 0 Å². The molecule has 0 fully saturated rings. The zero-order valence-electron chi connectivity index (χ0n) is 19.3. The standard InChI is InChI=1S/C19H45NO6Si2/c1-18(25-12-8-10-14-27(21-4)22-5)16-20(3)17-19(2)26-13-9-11-15-28(23-6)24-7/h18-19,27-28H,8-17H2,1-7H3. The first-order valence-electron chi connectivity index (χ1n) is 10.5. The Morgan fingerprint density at radius 2 is 1.00 bits per heavy atom. The lowest BCUT2D eigenvalue weighted by atomic mass is 10.3. The molecule has 0 saturated heterocycles. The highest BCUT2D eigenvalue weighted by atomic mass is 28.3. The summed E-state index contributed by atoms with van der Waals surface area (Å²) in [6.07, 6.45) is 4.76. The molecule has 0 bridgehead atoms. The summed E-state index contributed by atoms with van der Waals surface area (Å²) in [5, 5.41) is 0. The van der Waals surface area contributed by atoms with Crippen LogP contribution in [0.25, 0.3) is 0 Å². The zero-order chi connectivity index (χ0) is 21.2. The van der Waals surface area contributed by atoms with Crippen LogP contribution in [-0.2, 0) is 27.2 Å². The van der Waals surface area contributed by atoms with Crippen LogP contribution in [0.1, 0.15) is 39.5 Å². The predicted octanol–water partition coefficient (Wildman–Crippen LogP) is 2.32. The lowest BCUT2D eigenvalue weighted by Gasteiger charge is -2.25. The van der Waals surface area contributed by atoms with Gasteiger partial charge in [-0.25, -0.2) is 0 Å². The summed E-state index contributed by atoms with van der Waals surface area (Å²) < 4.78 is 33.2. The van der Waals surface area contributed by atoms with Crippen molar-refractivity contribution < 1.29 is 27.2 Å². The second kappa shape index (κ2) is 19.1. The number of likely N-dealkylation sites (N-methyl/N-ethyl adjacent to an activating group) is 1. The fourth-order valence-electron chi connectivity index (χ4n) is 3.12. The smallest absolute Gasteiger partial charge is 0.320 e. The highest BCUT2D eigenvalue weighted by Gasteiger charge is 2.12. The lowest BCUT2D eigenvalue weighted by molar-refractivity contribution is 0.0122. The molecule has 0 amide bonds. The van der Waals surface area contributed by atoms with Gasteiger partial charge in [0.1, 0.15) is 0 Å². The maximum Gasteiger partial charge on any atom is 0.320 e. The molecule has 0 heterocycles. The summed E-state index contributed by atoms with van der Waals surface area (Å²) in [5.41, 5.74) is 0. The first-order chi connectivity index (χ1) is 13.5. The minimum absolute atomic E-state index is 0.222. The van der Waals surface area contributed by atoms with Crippen LogP contribution in [-0.4, -0.2) is 97.5 Å². The number of unbranched alkanes of at least 4 members (excludes halogenated alkanes) is 2. The Labute approximate surface area is 176 Å². The van der Waals surface area contributed by atoms with Gasteiger partial charge in [-0.15, -0.1) is 0 Å². The Hall–Kier alpha value is 0.154. The molecule has 0 aliphatic carbocycles. The van der Waals surface area contributed by atoms with Crippen LogP contribution in [0.3, 0.4) is 0 Å². The van der Waals surface area contributed by atoms with Crippen molar-refractivity contribution in [3.05, 3.63) is 0 Å². The van der Waals surface area contributed by atoms with E-state index in [9.17, 15) is 0 Å². The molecule has 0 aliphatic heterocycles. The topological polar surface area (TPSA) is 58.6 Å². The monoisotopic (exact) mass is 439 g/mol. The molecule has 0 saturated carbocycles. The summed E-state index contributed by atoms with van der Waals surface area (Å²) in [5.74, 6) is 0. The molecule has 2 unspecified atom stereocenters. The van der Waals surface area contributed by atoms with Gasteiger partial charge in [-0.3, -0.25) is 0 Å². The first kappa shape index (κ1) is 28.2. The van der Waals surface area contributed by atoms with Crippen molar-refractivity contribution >= 4 is 18.6 Å². The Morgan fingerprint density at radius 1 is 0.643 bits per heavy atom. The fourth-order valence-corrected chi connectivity index (χ4v) is 5.69. The third-order valence-corrected chi connectivity index (χ3v) is 8.52. The predicted molar refractivity (Wildman–Crippen MR) is 119 cm³/mol. The Morgan fingerprint density at radius 3 is 1.32 bits per heavy atom. The minimum atomic E-state index is -1.41. The maximum absolute atomic E-state index is 5.93. The summed E-state index contributed by atoms with van der Waals surface area (Å²) in [6, 6.07) is 2.08. The van der Waals surface area contributed by atoms with E-state index in [2.05, 4.69) is 25.8 Å². The van der Waals surface area contributed by atoms with E-state index in [0.717, 1.165) is 64.1 Å².